The number of amides is 1. The van der Waals surface area contributed by atoms with E-state index >= 15 is 0 Å². The summed E-state index contributed by atoms with van der Waals surface area (Å²) in [6.07, 6.45) is 1.75. The molecule has 5 heteroatoms. The molecule has 1 aliphatic heterocycles. The summed E-state index contributed by atoms with van der Waals surface area (Å²) < 4.78 is 13.7. The molecule has 0 saturated carbocycles. The second-order valence-corrected chi connectivity index (χ2v) is 6.83. The fraction of sp³-hybridized carbons (Fsp3) is 0.381. The third kappa shape index (κ3) is 4.29. The maximum atomic E-state index is 13.7. The second kappa shape index (κ2) is 8.43. The summed E-state index contributed by atoms with van der Waals surface area (Å²) in [5, 5.41) is 12.0. The number of likely N-dealkylation sites (tertiary alicyclic amines) is 1. The number of nitrogens with zero attached hydrogens (tertiary/aromatic N) is 1. The van der Waals surface area contributed by atoms with Crippen LogP contribution in [0.4, 0.5) is 4.39 Å². The van der Waals surface area contributed by atoms with Crippen LogP contribution in [-0.4, -0.2) is 35.0 Å². The highest BCUT2D eigenvalue weighted by atomic mass is 19.1. The number of aliphatic hydroxyl groups is 1. The van der Waals surface area contributed by atoms with Gasteiger partial charge in [-0.25, -0.2) is 4.39 Å². The van der Waals surface area contributed by atoms with Crippen molar-refractivity contribution >= 4 is 5.91 Å². The Morgan fingerprint density at radius 2 is 1.92 bits per heavy atom. The number of hydrogen-bond acceptors (Lipinski definition) is 3. The lowest BCUT2D eigenvalue weighted by Gasteiger charge is -2.36. The first-order chi connectivity index (χ1) is 12.6. The highest BCUT2D eigenvalue weighted by Gasteiger charge is 2.24. The van der Waals surface area contributed by atoms with Crippen molar-refractivity contribution in [2.45, 2.75) is 38.5 Å². The molecule has 0 aromatic heterocycles. The second-order valence-electron chi connectivity index (χ2n) is 6.83. The van der Waals surface area contributed by atoms with Gasteiger partial charge >= 0.3 is 0 Å². The number of halogens is 1. The Bertz CT molecular complexity index is 743. The summed E-state index contributed by atoms with van der Waals surface area (Å²) in [4.78, 5) is 14.8. The molecule has 0 bridgehead atoms. The lowest BCUT2D eigenvalue weighted by molar-refractivity contribution is 0.0895. The summed E-state index contributed by atoms with van der Waals surface area (Å²) in [7, 11) is 0. The normalized spacial score (nSPS) is 17.0. The van der Waals surface area contributed by atoms with Gasteiger partial charge in [-0.3, -0.25) is 9.69 Å². The lowest BCUT2D eigenvalue weighted by Crippen LogP contribution is -2.45. The van der Waals surface area contributed by atoms with E-state index in [4.69, 9.17) is 5.11 Å². The van der Waals surface area contributed by atoms with Crippen LogP contribution in [0, 0.1) is 5.82 Å². The van der Waals surface area contributed by atoms with Crippen molar-refractivity contribution in [1.29, 1.82) is 0 Å². The first kappa shape index (κ1) is 18.5. The highest BCUT2D eigenvalue weighted by Crippen LogP contribution is 2.24. The van der Waals surface area contributed by atoms with E-state index in [1.165, 1.54) is 17.7 Å². The van der Waals surface area contributed by atoms with Crippen molar-refractivity contribution in [2.75, 3.05) is 13.1 Å². The van der Waals surface area contributed by atoms with E-state index in [9.17, 15) is 9.18 Å². The van der Waals surface area contributed by atoms with Crippen molar-refractivity contribution in [3.63, 3.8) is 0 Å². The highest BCUT2D eigenvalue weighted by molar-refractivity contribution is 5.94. The zero-order chi connectivity index (χ0) is 18.5. The number of piperidine rings is 1. The first-order valence-corrected chi connectivity index (χ1v) is 9.07. The fourth-order valence-corrected chi connectivity index (χ4v) is 3.46. The third-order valence-electron chi connectivity index (χ3n) is 5.18. The monoisotopic (exact) mass is 356 g/mol. The fourth-order valence-electron chi connectivity index (χ4n) is 3.46. The number of carbonyl (C=O) groups excluding carboxylic acids is 1. The molecule has 1 unspecified atom stereocenters. The SMILES string of the molecule is CC(c1ccccc1)N1CCC(NC(=O)c2ccc(CO)c(F)c2)CC1. The molecule has 3 rings (SSSR count). The van der Waals surface area contributed by atoms with Crippen LogP contribution in [0.3, 0.4) is 0 Å². The lowest BCUT2D eigenvalue weighted by atomic mass is 10.00. The number of nitrogens with one attached hydrogen (secondary N) is 1. The van der Waals surface area contributed by atoms with Gasteiger partial charge in [-0.15, -0.1) is 0 Å². The zero-order valence-electron chi connectivity index (χ0n) is 15.0. The Morgan fingerprint density at radius 3 is 2.54 bits per heavy atom. The van der Waals surface area contributed by atoms with Crippen LogP contribution in [-0.2, 0) is 6.61 Å². The predicted molar refractivity (Wildman–Crippen MR) is 99.2 cm³/mol. The Kier molecular flexibility index (Phi) is 6.01. The maximum absolute atomic E-state index is 13.7. The van der Waals surface area contributed by atoms with Crippen molar-refractivity contribution in [3.05, 3.63) is 71.0 Å². The standard InChI is InChI=1S/C21H25FN2O2/c1-15(16-5-3-2-4-6-16)24-11-9-19(10-12-24)23-21(26)17-7-8-18(14-25)20(22)13-17/h2-8,13,15,19,25H,9-12,14H2,1H3,(H,23,26). The molecule has 1 saturated heterocycles. The number of hydrogen-bond donors (Lipinski definition) is 2. The Morgan fingerprint density at radius 1 is 1.23 bits per heavy atom. The van der Waals surface area contributed by atoms with Gasteiger partial charge in [-0.2, -0.15) is 0 Å². The van der Waals surface area contributed by atoms with Crippen LogP contribution in [0.25, 0.3) is 0 Å². The van der Waals surface area contributed by atoms with Crippen molar-refractivity contribution in [3.8, 4) is 0 Å². The van der Waals surface area contributed by atoms with Crippen molar-refractivity contribution in [2.24, 2.45) is 0 Å². The van der Waals surface area contributed by atoms with Gasteiger partial charge in [0.25, 0.3) is 5.91 Å². The molecular weight excluding hydrogens is 331 g/mol. The number of benzene rings is 2. The summed E-state index contributed by atoms with van der Waals surface area (Å²) in [6, 6.07) is 15.1. The minimum atomic E-state index is -0.549. The third-order valence-corrected chi connectivity index (χ3v) is 5.18. The molecule has 2 aromatic carbocycles. The molecule has 1 fully saturated rings. The Balaban J connectivity index is 1.54. The molecule has 2 N–H and O–H groups in total. The average Bonchev–Trinajstić information content (AvgIpc) is 2.68. The molecule has 1 aliphatic rings. The zero-order valence-corrected chi connectivity index (χ0v) is 15.0. The molecule has 2 aromatic rings. The van der Waals surface area contributed by atoms with Crippen molar-refractivity contribution < 1.29 is 14.3 Å². The van der Waals surface area contributed by atoms with Crippen LogP contribution >= 0.6 is 0 Å². The van der Waals surface area contributed by atoms with Gasteiger partial charge in [0.15, 0.2) is 0 Å². The molecule has 4 nitrogen and oxygen atoms in total. The quantitative estimate of drug-likeness (QED) is 0.864. The van der Waals surface area contributed by atoms with Gasteiger partial charge in [0, 0.05) is 36.3 Å². The molecule has 138 valence electrons. The minimum absolute atomic E-state index is 0.0994. The maximum Gasteiger partial charge on any atom is 0.251 e. The van der Waals surface area contributed by atoms with Crippen LogP contribution in [0.15, 0.2) is 48.5 Å². The van der Waals surface area contributed by atoms with Gasteiger partial charge < -0.3 is 10.4 Å². The first-order valence-electron chi connectivity index (χ1n) is 9.07. The summed E-state index contributed by atoms with van der Waals surface area (Å²) in [5.74, 6) is -0.811. The molecule has 0 aliphatic carbocycles. The van der Waals surface area contributed by atoms with Gasteiger partial charge in [0.1, 0.15) is 5.82 Å². The summed E-state index contributed by atoms with van der Waals surface area (Å²) in [5.41, 5.74) is 1.79. The van der Waals surface area contributed by atoms with Gasteiger partial charge in [-0.1, -0.05) is 36.4 Å². The Labute approximate surface area is 153 Å². The molecule has 26 heavy (non-hydrogen) atoms. The molecule has 0 radical (unpaired) electrons. The van der Waals surface area contributed by atoms with Crippen LogP contribution in [0.1, 0.15) is 47.3 Å². The van der Waals surface area contributed by atoms with E-state index in [2.05, 4.69) is 41.4 Å². The largest absolute Gasteiger partial charge is 0.392 e. The molecular formula is C21H25FN2O2. The van der Waals surface area contributed by atoms with E-state index in [0.717, 1.165) is 25.9 Å². The van der Waals surface area contributed by atoms with Crippen LogP contribution in [0.2, 0.25) is 0 Å². The van der Waals surface area contributed by atoms with E-state index in [-0.39, 0.29) is 24.1 Å². The number of rotatable bonds is 5. The van der Waals surface area contributed by atoms with Gasteiger partial charge in [0.2, 0.25) is 0 Å². The molecule has 1 heterocycles. The smallest absolute Gasteiger partial charge is 0.251 e. The van der Waals surface area contributed by atoms with E-state index in [0.29, 0.717) is 11.6 Å². The molecule has 1 amide bonds. The van der Waals surface area contributed by atoms with E-state index < -0.39 is 5.82 Å². The minimum Gasteiger partial charge on any atom is -0.392 e. The van der Waals surface area contributed by atoms with Gasteiger partial charge in [-0.05, 0) is 37.5 Å². The average molecular weight is 356 g/mol. The van der Waals surface area contributed by atoms with Crippen LogP contribution in [0.5, 0.6) is 0 Å². The predicted octanol–water partition coefficient (Wildman–Crippen LogP) is 3.27. The van der Waals surface area contributed by atoms with E-state index in [1.54, 1.807) is 6.07 Å². The summed E-state index contributed by atoms with van der Waals surface area (Å²) >= 11 is 0. The topological polar surface area (TPSA) is 52.6 Å². The summed E-state index contributed by atoms with van der Waals surface area (Å²) in [6.45, 7) is 3.67. The Hall–Kier alpha value is -2.24. The molecule has 1 atom stereocenters. The number of carbonyl (C=O) groups is 1. The van der Waals surface area contributed by atoms with E-state index in [1.807, 2.05) is 6.07 Å². The number of aliphatic hydroxyl groups excluding tert-OH is 1. The van der Waals surface area contributed by atoms with Crippen molar-refractivity contribution in [1.82, 2.24) is 10.2 Å². The van der Waals surface area contributed by atoms with Gasteiger partial charge in [0.05, 0.1) is 6.61 Å². The van der Waals surface area contributed by atoms with Crippen LogP contribution < -0.4 is 5.32 Å². The molecule has 0 spiro atoms.